The zero-order valence-electron chi connectivity index (χ0n) is 11.2. The molecule has 0 bridgehead atoms. The first-order valence-electron chi connectivity index (χ1n) is 6.46. The van der Waals surface area contributed by atoms with Crippen molar-refractivity contribution < 1.29 is 10.2 Å². The molecule has 0 unspecified atom stereocenters. The van der Waals surface area contributed by atoms with Gasteiger partial charge in [-0.1, -0.05) is 32.6 Å². The monoisotopic (exact) mass is 258 g/mol. The van der Waals surface area contributed by atoms with Gasteiger partial charge in [0, 0.05) is 12.7 Å². The van der Waals surface area contributed by atoms with E-state index in [0.29, 0.717) is 0 Å². The second-order valence-electron chi connectivity index (χ2n) is 4.48. The van der Waals surface area contributed by atoms with Crippen LogP contribution in [0.4, 0.5) is 0 Å². The third-order valence-electron chi connectivity index (χ3n) is 2.86. The van der Waals surface area contributed by atoms with Crippen LogP contribution in [0.1, 0.15) is 39.0 Å². The van der Waals surface area contributed by atoms with Gasteiger partial charge in [0.05, 0.1) is 13.2 Å². The lowest BCUT2D eigenvalue weighted by Gasteiger charge is -2.24. The van der Waals surface area contributed by atoms with Crippen LogP contribution in [-0.2, 0) is 0 Å². The van der Waals surface area contributed by atoms with Crippen LogP contribution in [0, 0.1) is 5.53 Å². The summed E-state index contributed by atoms with van der Waals surface area (Å²) in [5.41, 5.74) is 11.5. The van der Waals surface area contributed by atoms with E-state index in [1.165, 1.54) is 25.5 Å². The SMILES string of the molecule is CCCCCCCN/C=C(\N=N)C(N)(CO)CO. The maximum Gasteiger partial charge on any atom is 0.108 e. The van der Waals surface area contributed by atoms with Gasteiger partial charge in [0.2, 0.25) is 0 Å². The highest BCUT2D eigenvalue weighted by Gasteiger charge is 2.28. The number of rotatable bonds is 11. The Balaban J connectivity index is 4.02. The smallest absolute Gasteiger partial charge is 0.108 e. The molecule has 0 saturated heterocycles. The molecule has 0 heterocycles. The standard InChI is InChI=1S/C12H26N4O2/c1-2-3-4-5-6-7-15-8-11(16-14)12(13,9-17)10-18/h8,14-15,17-18H,2-7,9-10,13H2,1H3/b11-8-,16-14?. The average Bonchev–Trinajstić information content (AvgIpc) is 2.41. The zero-order chi connectivity index (χ0) is 13.9. The second-order valence-corrected chi connectivity index (χ2v) is 4.48. The van der Waals surface area contributed by atoms with E-state index in [-0.39, 0.29) is 5.70 Å². The lowest BCUT2D eigenvalue weighted by atomic mass is 10.00. The molecule has 6 N–H and O–H groups in total. The highest BCUT2D eigenvalue weighted by molar-refractivity contribution is 5.16. The van der Waals surface area contributed by atoms with Crippen molar-refractivity contribution in [3.8, 4) is 0 Å². The van der Waals surface area contributed by atoms with Crippen LogP contribution < -0.4 is 11.1 Å². The summed E-state index contributed by atoms with van der Waals surface area (Å²) in [5.74, 6) is 0. The van der Waals surface area contributed by atoms with Crippen LogP contribution >= 0.6 is 0 Å². The summed E-state index contributed by atoms with van der Waals surface area (Å²) in [6, 6.07) is 0. The van der Waals surface area contributed by atoms with E-state index in [9.17, 15) is 0 Å². The first-order valence-corrected chi connectivity index (χ1v) is 6.46. The Morgan fingerprint density at radius 2 is 1.89 bits per heavy atom. The number of hydrogen-bond donors (Lipinski definition) is 5. The Labute approximate surface area is 109 Å². The van der Waals surface area contributed by atoms with Gasteiger partial charge in [-0.05, 0) is 6.42 Å². The number of aliphatic hydroxyl groups is 2. The Bertz CT molecular complexity index is 252. The Morgan fingerprint density at radius 3 is 2.39 bits per heavy atom. The molecule has 0 rings (SSSR count). The number of aliphatic hydroxyl groups excluding tert-OH is 2. The van der Waals surface area contributed by atoms with Gasteiger partial charge in [0.25, 0.3) is 0 Å². The van der Waals surface area contributed by atoms with Crippen molar-refractivity contribution in [1.29, 1.82) is 5.53 Å². The number of nitrogens with zero attached hydrogens (tertiary/aromatic N) is 1. The Morgan fingerprint density at radius 1 is 1.28 bits per heavy atom. The third-order valence-corrected chi connectivity index (χ3v) is 2.86. The van der Waals surface area contributed by atoms with Crippen LogP contribution in [0.25, 0.3) is 0 Å². The van der Waals surface area contributed by atoms with Gasteiger partial charge in [-0.15, -0.1) is 0 Å². The molecule has 0 atom stereocenters. The molecule has 0 radical (unpaired) electrons. The summed E-state index contributed by atoms with van der Waals surface area (Å²) in [6.45, 7) is 2.05. The van der Waals surface area contributed by atoms with Gasteiger partial charge >= 0.3 is 0 Å². The topological polar surface area (TPSA) is 115 Å². The summed E-state index contributed by atoms with van der Waals surface area (Å²) < 4.78 is 0. The molecule has 6 nitrogen and oxygen atoms in total. The molecule has 0 amide bonds. The van der Waals surface area contributed by atoms with Crippen LogP contribution in [-0.4, -0.2) is 35.5 Å². The van der Waals surface area contributed by atoms with Gasteiger partial charge in [0.15, 0.2) is 0 Å². The highest BCUT2D eigenvalue weighted by Crippen LogP contribution is 2.13. The number of unbranched alkanes of at least 4 members (excludes halogenated alkanes) is 4. The van der Waals surface area contributed by atoms with Crippen molar-refractivity contribution in [1.82, 2.24) is 5.32 Å². The van der Waals surface area contributed by atoms with Gasteiger partial charge in [-0.3, -0.25) is 0 Å². The van der Waals surface area contributed by atoms with Crippen molar-refractivity contribution in [2.75, 3.05) is 19.8 Å². The molecule has 0 aromatic carbocycles. The maximum absolute atomic E-state index is 9.09. The van der Waals surface area contributed by atoms with Crippen molar-refractivity contribution in [3.63, 3.8) is 0 Å². The Hall–Kier alpha value is -0.980. The van der Waals surface area contributed by atoms with Gasteiger partial charge in [0.1, 0.15) is 11.2 Å². The minimum atomic E-state index is -1.35. The fraction of sp³-hybridized carbons (Fsp3) is 0.833. The largest absolute Gasteiger partial charge is 0.394 e. The number of nitrogens with one attached hydrogen (secondary N) is 2. The first kappa shape index (κ1) is 17.0. The number of hydrogen-bond acceptors (Lipinski definition) is 6. The molecular weight excluding hydrogens is 232 g/mol. The molecule has 0 aliphatic rings. The summed E-state index contributed by atoms with van der Waals surface area (Å²) in [5, 5.41) is 24.4. The highest BCUT2D eigenvalue weighted by atomic mass is 16.3. The molecule has 106 valence electrons. The van der Waals surface area contributed by atoms with Crippen molar-refractivity contribution in [2.24, 2.45) is 10.8 Å². The van der Waals surface area contributed by atoms with E-state index in [0.717, 1.165) is 19.4 Å². The summed E-state index contributed by atoms with van der Waals surface area (Å²) >= 11 is 0. The maximum atomic E-state index is 9.09. The Kier molecular flexibility index (Phi) is 9.45. The van der Waals surface area contributed by atoms with E-state index in [1.54, 1.807) is 0 Å². The van der Waals surface area contributed by atoms with Crippen molar-refractivity contribution in [3.05, 3.63) is 11.9 Å². The fourth-order valence-electron chi connectivity index (χ4n) is 1.50. The average molecular weight is 258 g/mol. The molecule has 0 spiro atoms. The predicted octanol–water partition coefficient (Wildman–Crippen LogP) is 1.10. The molecule has 0 aromatic heterocycles. The fourth-order valence-corrected chi connectivity index (χ4v) is 1.50. The molecule has 0 aromatic rings. The molecule has 0 fully saturated rings. The summed E-state index contributed by atoms with van der Waals surface area (Å²) in [6.07, 6.45) is 7.40. The first-order chi connectivity index (χ1) is 8.64. The van der Waals surface area contributed by atoms with E-state index in [1.807, 2.05) is 0 Å². The minimum absolute atomic E-state index is 0.154. The minimum Gasteiger partial charge on any atom is -0.394 e. The second kappa shape index (κ2) is 9.99. The predicted molar refractivity (Wildman–Crippen MR) is 71.1 cm³/mol. The van der Waals surface area contributed by atoms with E-state index in [4.69, 9.17) is 21.5 Å². The summed E-state index contributed by atoms with van der Waals surface area (Å²) in [4.78, 5) is 0. The van der Waals surface area contributed by atoms with E-state index in [2.05, 4.69) is 17.4 Å². The van der Waals surface area contributed by atoms with Gasteiger partial charge in [-0.25, -0.2) is 5.53 Å². The van der Waals surface area contributed by atoms with Crippen LogP contribution in [0.15, 0.2) is 17.0 Å². The van der Waals surface area contributed by atoms with Crippen LogP contribution in [0.3, 0.4) is 0 Å². The normalized spacial score (nSPS) is 12.6. The van der Waals surface area contributed by atoms with Crippen LogP contribution in [0.5, 0.6) is 0 Å². The van der Waals surface area contributed by atoms with E-state index >= 15 is 0 Å². The lowest BCUT2D eigenvalue weighted by Crippen LogP contribution is -2.49. The summed E-state index contributed by atoms with van der Waals surface area (Å²) in [7, 11) is 0. The van der Waals surface area contributed by atoms with Gasteiger partial charge in [-0.2, -0.15) is 5.11 Å². The molecule has 6 heteroatoms. The number of nitrogens with two attached hydrogens (primary N) is 1. The quantitative estimate of drug-likeness (QED) is 0.282. The van der Waals surface area contributed by atoms with Crippen LogP contribution in [0.2, 0.25) is 0 Å². The lowest BCUT2D eigenvalue weighted by molar-refractivity contribution is 0.142. The van der Waals surface area contributed by atoms with E-state index < -0.39 is 18.8 Å². The molecule has 18 heavy (non-hydrogen) atoms. The molecule has 0 aliphatic carbocycles. The van der Waals surface area contributed by atoms with Gasteiger partial charge < -0.3 is 21.3 Å². The zero-order valence-corrected chi connectivity index (χ0v) is 11.2. The van der Waals surface area contributed by atoms with Crippen molar-refractivity contribution >= 4 is 0 Å². The molecular formula is C12H26N4O2. The molecule has 0 saturated carbocycles. The molecule has 0 aliphatic heterocycles. The van der Waals surface area contributed by atoms with Crippen molar-refractivity contribution in [2.45, 2.75) is 44.6 Å². The third kappa shape index (κ3) is 6.09.